The van der Waals surface area contributed by atoms with Crippen LogP contribution in [-0.2, 0) is 6.42 Å². The Morgan fingerprint density at radius 1 is 1.31 bits per heavy atom. The highest BCUT2D eigenvalue weighted by atomic mass is 16.5. The third-order valence-electron chi connectivity index (χ3n) is 2.21. The van der Waals surface area contributed by atoms with Gasteiger partial charge in [-0.15, -0.1) is 0 Å². The van der Waals surface area contributed by atoms with Crippen LogP contribution in [0.5, 0.6) is 5.88 Å². The molecule has 0 bridgehead atoms. The molecule has 1 rings (SSSR count). The Balaban J connectivity index is 2.57. The number of hydrazine groups is 1. The molecule has 1 heterocycles. The molecular formula is C11H20N4O. The molecule has 0 aliphatic carbocycles. The summed E-state index contributed by atoms with van der Waals surface area (Å²) in [5.41, 5.74) is 2.51. The molecule has 1 aromatic heterocycles. The van der Waals surface area contributed by atoms with Crippen LogP contribution < -0.4 is 16.0 Å². The van der Waals surface area contributed by atoms with Crippen molar-refractivity contribution in [2.75, 3.05) is 12.0 Å². The van der Waals surface area contributed by atoms with Crippen LogP contribution >= 0.6 is 0 Å². The molecule has 0 amide bonds. The van der Waals surface area contributed by atoms with Crippen molar-refractivity contribution in [2.24, 2.45) is 5.84 Å². The molecule has 5 nitrogen and oxygen atoms in total. The molecule has 0 spiro atoms. The maximum Gasteiger partial charge on any atom is 0.218 e. The fraction of sp³-hybridized carbons (Fsp3) is 0.636. The van der Waals surface area contributed by atoms with E-state index in [4.69, 9.17) is 10.6 Å². The van der Waals surface area contributed by atoms with Gasteiger partial charge in [-0.05, 0) is 6.42 Å². The highest BCUT2D eigenvalue weighted by Gasteiger charge is 2.03. The second kappa shape index (κ2) is 7.00. The summed E-state index contributed by atoms with van der Waals surface area (Å²) < 4.78 is 5.55. The Bertz CT molecular complexity index is 295. The monoisotopic (exact) mass is 224 g/mol. The van der Waals surface area contributed by atoms with Gasteiger partial charge in [0.25, 0.3) is 0 Å². The molecular weight excluding hydrogens is 204 g/mol. The van der Waals surface area contributed by atoms with E-state index in [2.05, 4.69) is 22.3 Å². The van der Waals surface area contributed by atoms with Crippen LogP contribution in [0.4, 0.5) is 5.82 Å². The number of nitrogens with zero attached hydrogens (tertiary/aromatic N) is 2. The number of hydrogen-bond donors (Lipinski definition) is 2. The van der Waals surface area contributed by atoms with E-state index in [1.165, 1.54) is 12.8 Å². The van der Waals surface area contributed by atoms with Crippen molar-refractivity contribution in [3.05, 3.63) is 11.9 Å². The predicted molar refractivity (Wildman–Crippen MR) is 64.2 cm³/mol. The lowest BCUT2D eigenvalue weighted by atomic mass is 10.3. The summed E-state index contributed by atoms with van der Waals surface area (Å²) in [5.74, 6) is 7.25. The van der Waals surface area contributed by atoms with Crippen LogP contribution in [0.3, 0.4) is 0 Å². The number of rotatable bonds is 7. The van der Waals surface area contributed by atoms with E-state index in [0.29, 0.717) is 18.3 Å². The van der Waals surface area contributed by atoms with Gasteiger partial charge < -0.3 is 10.2 Å². The molecule has 16 heavy (non-hydrogen) atoms. The topological polar surface area (TPSA) is 73.1 Å². The van der Waals surface area contributed by atoms with Crippen molar-refractivity contribution in [1.82, 2.24) is 9.97 Å². The zero-order valence-corrected chi connectivity index (χ0v) is 9.99. The molecule has 0 atom stereocenters. The predicted octanol–water partition coefficient (Wildman–Crippen LogP) is 1.89. The van der Waals surface area contributed by atoms with Crippen LogP contribution in [0.15, 0.2) is 6.07 Å². The summed E-state index contributed by atoms with van der Waals surface area (Å²) in [5, 5.41) is 0. The fourth-order valence-electron chi connectivity index (χ4n) is 1.31. The number of hydrogen-bond acceptors (Lipinski definition) is 5. The van der Waals surface area contributed by atoms with E-state index in [0.717, 1.165) is 18.7 Å². The van der Waals surface area contributed by atoms with Gasteiger partial charge in [0.2, 0.25) is 5.88 Å². The normalized spacial score (nSPS) is 10.2. The zero-order chi connectivity index (χ0) is 11.8. The number of nitrogens with two attached hydrogens (primary N) is 1. The Hall–Kier alpha value is -1.36. The van der Waals surface area contributed by atoms with Gasteiger partial charge in [0, 0.05) is 12.5 Å². The number of anilines is 1. The maximum atomic E-state index is 5.55. The van der Waals surface area contributed by atoms with Gasteiger partial charge in [-0.2, -0.15) is 4.98 Å². The van der Waals surface area contributed by atoms with Crippen molar-refractivity contribution in [1.29, 1.82) is 0 Å². The highest BCUT2D eigenvalue weighted by Crippen LogP contribution is 2.13. The lowest BCUT2D eigenvalue weighted by molar-refractivity contribution is 0.293. The Morgan fingerprint density at radius 2 is 2.12 bits per heavy atom. The lowest BCUT2D eigenvalue weighted by Crippen LogP contribution is -2.11. The third kappa shape index (κ3) is 4.02. The SMILES string of the molecule is CCCCCOc1cc(NN)nc(CC)n1. The second-order valence-corrected chi connectivity index (χ2v) is 3.56. The molecule has 90 valence electrons. The first-order valence-corrected chi connectivity index (χ1v) is 5.77. The molecule has 5 heteroatoms. The summed E-state index contributed by atoms with van der Waals surface area (Å²) >= 11 is 0. The van der Waals surface area contributed by atoms with Gasteiger partial charge in [-0.1, -0.05) is 26.7 Å². The van der Waals surface area contributed by atoms with Gasteiger partial charge >= 0.3 is 0 Å². The summed E-state index contributed by atoms with van der Waals surface area (Å²) in [6.45, 7) is 4.85. The Labute approximate surface area is 96.4 Å². The first kappa shape index (κ1) is 12.7. The molecule has 0 fully saturated rings. The Morgan fingerprint density at radius 3 is 2.75 bits per heavy atom. The summed E-state index contributed by atoms with van der Waals surface area (Å²) in [7, 11) is 0. The summed E-state index contributed by atoms with van der Waals surface area (Å²) in [6, 6.07) is 1.71. The fourth-order valence-corrected chi connectivity index (χ4v) is 1.31. The van der Waals surface area contributed by atoms with Crippen molar-refractivity contribution in [2.45, 2.75) is 39.5 Å². The molecule has 1 aromatic rings. The van der Waals surface area contributed by atoms with Crippen LogP contribution in [0.2, 0.25) is 0 Å². The molecule has 0 aliphatic rings. The minimum atomic E-state index is 0.593. The minimum absolute atomic E-state index is 0.593. The smallest absolute Gasteiger partial charge is 0.218 e. The van der Waals surface area contributed by atoms with Crippen LogP contribution in [0, 0.1) is 0 Å². The number of aryl methyl sites for hydroxylation is 1. The van der Waals surface area contributed by atoms with E-state index >= 15 is 0 Å². The molecule has 3 N–H and O–H groups in total. The Kier molecular flexibility index (Phi) is 5.56. The van der Waals surface area contributed by atoms with Gasteiger partial charge in [0.05, 0.1) is 6.61 Å². The van der Waals surface area contributed by atoms with Crippen molar-refractivity contribution >= 4 is 5.82 Å². The summed E-state index contributed by atoms with van der Waals surface area (Å²) in [4.78, 5) is 8.46. The molecule has 0 unspecified atom stereocenters. The van der Waals surface area contributed by atoms with E-state index in [1.54, 1.807) is 6.07 Å². The number of nitrogen functional groups attached to an aromatic ring is 1. The quantitative estimate of drug-likeness (QED) is 0.420. The zero-order valence-electron chi connectivity index (χ0n) is 9.99. The molecule has 0 aliphatic heterocycles. The first-order valence-electron chi connectivity index (χ1n) is 5.77. The molecule has 0 saturated heterocycles. The summed E-state index contributed by atoms with van der Waals surface area (Å²) in [6.07, 6.45) is 4.17. The maximum absolute atomic E-state index is 5.55. The van der Waals surface area contributed by atoms with Gasteiger partial charge in [-0.3, -0.25) is 0 Å². The molecule has 0 saturated carbocycles. The van der Waals surface area contributed by atoms with Gasteiger partial charge in [-0.25, -0.2) is 10.8 Å². The number of ether oxygens (including phenoxy) is 1. The lowest BCUT2D eigenvalue weighted by Gasteiger charge is -2.08. The van der Waals surface area contributed by atoms with E-state index < -0.39 is 0 Å². The van der Waals surface area contributed by atoms with Crippen molar-refractivity contribution in [3.8, 4) is 5.88 Å². The van der Waals surface area contributed by atoms with Crippen molar-refractivity contribution in [3.63, 3.8) is 0 Å². The molecule has 0 aromatic carbocycles. The highest BCUT2D eigenvalue weighted by molar-refractivity contribution is 5.36. The third-order valence-corrected chi connectivity index (χ3v) is 2.21. The second-order valence-electron chi connectivity index (χ2n) is 3.56. The van der Waals surface area contributed by atoms with E-state index in [-0.39, 0.29) is 0 Å². The van der Waals surface area contributed by atoms with Gasteiger partial charge in [0.1, 0.15) is 11.6 Å². The van der Waals surface area contributed by atoms with Gasteiger partial charge in [0.15, 0.2) is 0 Å². The van der Waals surface area contributed by atoms with Crippen LogP contribution in [-0.4, -0.2) is 16.6 Å². The average Bonchev–Trinajstić information content (AvgIpc) is 2.34. The standard InChI is InChI=1S/C11H20N4O/c1-3-5-6-7-16-11-8-10(15-12)13-9(4-2)14-11/h8H,3-7,12H2,1-2H3,(H,13,14,15). The molecule has 0 radical (unpaired) electrons. The number of nitrogens with one attached hydrogen (secondary N) is 1. The van der Waals surface area contributed by atoms with Crippen molar-refractivity contribution < 1.29 is 4.74 Å². The largest absolute Gasteiger partial charge is 0.478 e. The van der Waals surface area contributed by atoms with E-state index in [9.17, 15) is 0 Å². The van der Waals surface area contributed by atoms with Crippen LogP contribution in [0.1, 0.15) is 38.9 Å². The number of aromatic nitrogens is 2. The van der Waals surface area contributed by atoms with Crippen LogP contribution in [0.25, 0.3) is 0 Å². The first-order chi connectivity index (χ1) is 7.80. The van der Waals surface area contributed by atoms with E-state index in [1.807, 2.05) is 6.92 Å². The number of unbranched alkanes of at least 4 members (excludes halogenated alkanes) is 2. The average molecular weight is 224 g/mol. The minimum Gasteiger partial charge on any atom is -0.478 e.